The lowest BCUT2D eigenvalue weighted by Gasteiger charge is -2.21. The Morgan fingerprint density at radius 1 is 1.10 bits per heavy atom. The van der Waals surface area contributed by atoms with E-state index in [1.165, 1.54) is 0 Å². The zero-order valence-corrected chi connectivity index (χ0v) is 17.5. The second-order valence-electron chi connectivity index (χ2n) is 7.35. The van der Waals surface area contributed by atoms with E-state index in [0.717, 1.165) is 5.56 Å². The van der Waals surface area contributed by atoms with Gasteiger partial charge < -0.3 is 28.5 Å². The van der Waals surface area contributed by atoms with E-state index in [4.69, 9.17) is 18.3 Å². The lowest BCUT2D eigenvalue weighted by Crippen LogP contribution is -2.35. The van der Waals surface area contributed by atoms with Crippen LogP contribution in [0.15, 0.2) is 51.5 Å². The number of amides is 2. The van der Waals surface area contributed by atoms with Gasteiger partial charge in [0.2, 0.25) is 12.7 Å². The van der Waals surface area contributed by atoms with Crippen LogP contribution in [0.5, 0.6) is 11.5 Å². The van der Waals surface area contributed by atoms with Gasteiger partial charge in [-0.3, -0.25) is 9.59 Å². The first-order valence-electron chi connectivity index (χ1n) is 10.0. The van der Waals surface area contributed by atoms with E-state index in [1.54, 1.807) is 43.2 Å². The van der Waals surface area contributed by atoms with Crippen LogP contribution in [-0.4, -0.2) is 30.1 Å². The Bertz CT molecular complexity index is 1070. The van der Waals surface area contributed by atoms with Crippen molar-refractivity contribution in [1.29, 1.82) is 0 Å². The zero-order chi connectivity index (χ0) is 21.8. The van der Waals surface area contributed by atoms with E-state index < -0.39 is 0 Å². The van der Waals surface area contributed by atoms with Crippen molar-refractivity contribution in [2.45, 2.75) is 33.4 Å². The Morgan fingerprint density at radius 2 is 1.94 bits per heavy atom. The molecule has 0 atom stereocenters. The molecule has 0 unspecified atom stereocenters. The number of ether oxygens (including phenoxy) is 2. The smallest absolute Gasteiger partial charge is 0.257 e. The van der Waals surface area contributed by atoms with Crippen molar-refractivity contribution in [2.75, 3.05) is 13.3 Å². The molecular formula is C23H24N2O6. The number of carbonyl (C=O) groups is 2. The maximum atomic E-state index is 13.1. The van der Waals surface area contributed by atoms with Gasteiger partial charge in [0.25, 0.3) is 5.91 Å². The first kappa shape index (κ1) is 20.6. The number of hydrogen-bond donors (Lipinski definition) is 1. The number of rotatable bonds is 8. The van der Waals surface area contributed by atoms with Gasteiger partial charge in [0.15, 0.2) is 11.5 Å². The van der Waals surface area contributed by atoms with Crippen LogP contribution in [0.4, 0.5) is 0 Å². The van der Waals surface area contributed by atoms with Gasteiger partial charge in [0.1, 0.15) is 17.3 Å². The maximum Gasteiger partial charge on any atom is 0.257 e. The van der Waals surface area contributed by atoms with Crippen LogP contribution in [0.2, 0.25) is 0 Å². The minimum atomic E-state index is -0.200. The van der Waals surface area contributed by atoms with Crippen LogP contribution in [0.1, 0.15) is 39.6 Å². The number of fused-ring (bicyclic) bond motifs is 1. The average molecular weight is 424 g/mol. The highest BCUT2D eigenvalue weighted by Gasteiger charge is 2.22. The molecule has 8 heteroatoms. The SMILES string of the molecule is Cc1cc(C(=O)N(CCC(=O)NCc2ccc3c(c2)OCO3)Cc2ccco2)c(C)o1. The molecule has 4 rings (SSSR count). The third-order valence-electron chi connectivity index (χ3n) is 5.02. The Hall–Kier alpha value is -3.68. The van der Waals surface area contributed by atoms with Gasteiger partial charge in [-0.15, -0.1) is 0 Å². The average Bonchev–Trinajstić information content (AvgIpc) is 3.50. The Morgan fingerprint density at radius 3 is 2.68 bits per heavy atom. The largest absolute Gasteiger partial charge is 0.467 e. The minimum absolute atomic E-state index is 0.157. The summed E-state index contributed by atoms with van der Waals surface area (Å²) in [7, 11) is 0. The van der Waals surface area contributed by atoms with Crippen molar-refractivity contribution in [3.05, 3.63) is 71.1 Å². The molecule has 2 aromatic heterocycles. The summed E-state index contributed by atoms with van der Waals surface area (Å²) < 4.78 is 21.5. The molecule has 0 radical (unpaired) electrons. The minimum Gasteiger partial charge on any atom is -0.467 e. The molecule has 31 heavy (non-hydrogen) atoms. The summed E-state index contributed by atoms with van der Waals surface area (Å²) in [6, 6.07) is 10.8. The van der Waals surface area contributed by atoms with Crippen molar-refractivity contribution in [1.82, 2.24) is 10.2 Å². The Balaban J connectivity index is 1.36. The summed E-state index contributed by atoms with van der Waals surface area (Å²) in [6.07, 6.45) is 1.72. The van der Waals surface area contributed by atoms with Gasteiger partial charge in [-0.1, -0.05) is 6.07 Å². The van der Waals surface area contributed by atoms with Crippen molar-refractivity contribution < 1.29 is 27.9 Å². The van der Waals surface area contributed by atoms with Gasteiger partial charge >= 0.3 is 0 Å². The molecule has 1 N–H and O–H groups in total. The summed E-state index contributed by atoms with van der Waals surface area (Å²) in [4.78, 5) is 27.1. The van der Waals surface area contributed by atoms with E-state index in [-0.39, 0.29) is 38.1 Å². The second kappa shape index (κ2) is 8.99. The normalized spacial score (nSPS) is 12.1. The fraction of sp³-hybridized carbons (Fsp3) is 0.304. The topological polar surface area (TPSA) is 94.2 Å². The number of aryl methyl sites for hydroxylation is 2. The van der Waals surface area contributed by atoms with Gasteiger partial charge in [0, 0.05) is 19.5 Å². The van der Waals surface area contributed by atoms with Crippen molar-refractivity contribution >= 4 is 11.8 Å². The highest BCUT2D eigenvalue weighted by molar-refractivity contribution is 5.95. The fourth-order valence-electron chi connectivity index (χ4n) is 3.43. The van der Waals surface area contributed by atoms with Gasteiger partial charge in [0.05, 0.1) is 18.4 Å². The van der Waals surface area contributed by atoms with Crippen LogP contribution in [0, 0.1) is 13.8 Å². The van der Waals surface area contributed by atoms with Crippen molar-refractivity contribution in [3.8, 4) is 11.5 Å². The summed E-state index contributed by atoms with van der Waals surface area (Å²) in [6.45, 7) is 4.64. The predicted octanol–water partition coefficient (Wildman–Crippen LogP) is 3.57. The molecule has 0 bridgehead atoms. The molecule has 1 aliphatic rings. The summed E-state index contributed by atoms with van der Waals surface area (Å²) >= 11 is 0. The quantitative estimate of drug-likeness (QED) is 0.594. The number of carbonyl (C=O) groups excluding carboxylic acids is 2. The van der Waals surface area contributed by atoms with E-state index in [0.29, 0.717) is 40.9 Å². The van der Waals surface area contributed by atoms with Crippen LogP contribution in [-0.2, 0) is 17.9 Å². The van der Waals surface area contributed by atoms with E-state index in [9.17, 15) is 9.59 Å². The Labute approximate surface area is 179 Å². The molecule has 0 aliphatic carbocycles. The van der Waals surface area contributed by atoms with Gasteiger partial charge in [-0.05, 0) is 49.7 Å². The Kier molecular flexibility index (Phi) is 5.97. The summed E-state index contributed by atoms with van der Waals surface area (Å²) in [5, 5.41) is 2.88. The van der Waals surface area contributed by atoms with Gasteiger partial charge in [-0.25, -0.2) is 0 Å². The third kappa shape index (κ3) is 4.91. The fourth-order valence-corrected chi connectivity index (χ4v) is 3.43. The van der Waals surface area contributed by atoms with E-state index in [2.05, 4.69) is 5.32 Å². The standard InChI is InChI=1S/C23H24N2O6/c1-15-10-19(16(2)31-15)23(27)25(13-18-4-3-9-28-18)8-7-22(26)24-12-17-5-6-20-21(11-17)30-14-29-20/h3-6,9-11H,7-8,12-14H2,1-2H3,(H,24,26). The van der Waals surface area contributed by atoms with E-state index >= 15 is 0 Å². The molecule has 0 spiro atoms. The first-order chi connectivity index (χ1) is 15.0. The van der Waals surface area contributed by atoms with E-state index in [1.807, 2.05) is 18.2 Å². The first-order valence-corrected chi connectivity index (χ1v) is 10.0. The van der Waals surface area contributed by atoms with Gasteiger partial charge in [-0.2, -0.15) is 0 Å². The third-order valence-corrected chi connectivity index (χ3v) is 5.02. The van der Waals surface area contributed by atoms with Crippen LogP contribution < -0.4 is 14.8 Å². The monoisotopic (exact) mass is 424 g/mol. The molecule has 2 amide bonds. The number of hydrogen-bond acceptors (Lipinski definition) is 6. The number of benzene rings is 1. The zero-order valence-electron chi connectivity index (χ0n) is 17.5. The molecule has 8 nitrogen and oxygen atoms in total. The molecule has 3 aromatic rings. The second-order valence-corrected chi connectivity index (χ2v) is 7.35. The molecule has 3 heterocycles. The number of nitrogens with one attached hydrogen (secondary N) is 1. The van der Waals surface area contributed by atoms with Crippen molar-refractivity contribution in [3.63, 3.8) is 0 Å². The molecule has 0 fully saturated rings. The summed E-state index contributed by atoms with van der Waals surface area (Å²) in [5.41, 5.74) is 1.40. The van der Waals surface area contributed by atoms with Crippen LogP contribution >= 0.6 is 0 Å². The number of furan rings is 2. The predicted molar refractivity (Wildman–Crippen MR) is 111 cm³/mol. The molecule has 1 aliphatic heterocycles. The highest BCUT2D eigenvalue weighted by atomic mass is 16.7. The number of nitrogens with zero attached hydrogens (tertiary/aromatic N) is 1. The lowest BCUT2D eigenvalue weighted by molar-refractivity contribution is -0.121. The van der Waals surface area contributed by atoms with Crippen LogP contribution in [0.3, 0.4) is 0 Å². The van der Waals surface area contributed by atoms with Crippen LogP contribution in [0.25, 0.3) is 0 Å². The van der Waals surface area contributed by atoms with Crippen molar-refractivity contribution in [2.24, 2.45) is 0 Å². The molecular weight excluding hydrogens is 400 g/mol. The molecule has 162 valence electrons. The summed E-state index contributed by atoms with van der Waals surface area (Å²) in [5.74, 6) is 2.88. The highest BCUT2D eigenvalue weighted by Crippen LogP contribution is 2.32. The molecule has 1 aromatic carbocycles. The lowest BCUT2D eigenvalue weighted by atomic mass is 10.2. The molecule has 0 saturated heterocycles. The maximum absolute atomic E-state index is 13.1. The molecule has 0 saturated carbocycles.